The van der Waals surface area contributed by atoms with Crippen LogP contribution in [0.5, 0.6) is 0 Å². The van der Waals surface area contributed by atoms with Gasteiger partial charge in [0.2, 0.25) is 0 Å². The number of halogens is 1. The SMILES string of the molecule is CC(C)(C)OC(=O)C(N)CSCc1csc(Br)n1. The molecule has 2 N–H and O–H groups in total. The summed E-state index contributed by atoms with van der Waals surface area (Å²) in [6.45, 7) is 5.49. The number of ether oxygens (including phenoxy) is 1. The Bertz CT molecular complexity index is 404. The molecule has 0 saturated heterocycles. The maximum atomic E-state index is 11.6. The lowest BCUT2D eigenvalue weighted by Crippen LogP contribution is -2.39. The minimum Gasteiger partial charge on any atom is -0.459 e. The van der Waals surface area contributed by atoms with E-state index in [0.717, 1.165) is 15.4 Å². The first-order valence-electron chi connectivity index (χ1n) is 5.44. The summed E-state index contributed by atoms with van der Waals surface area (Å²) in [5.74, 6) is 0.928. The van der Waals surface area contributed by atoms with Crippen LogP contribution >= 0.6 is 39.0 Å². The van der Waals surface area contributed by atoms with E-state index in [-0.39, 0.29) is 5.97 Å². The second-order valence-corrected chi connectivity index (χ2v) is 7.91. The van der Waals surface area contributed by atoms with Crippen LogP contribution in [0.1, 0.15) is 26.5 Å². The van der Waals surface area contributed by atoms with Crippen molar-refractivity contribution in [3.63, 3.8) is 0 Å². The van der Waals surface area contributed by atoms with Gasteiger partial charge in [0.1, 0.15) is 11.6 Å². The van der Waals surface area contributed by atoms with Gasteiger partial charge in [-0.15, -0.1) is 11.3 Å². The first-order valence-corrected chi connectivity index (χ1v) is 8.27. The van der Waals surface area contributed by atoms with Crippen LogP contribution in [-0.4, -0.2) is 28.3 Å². The molecule has 0 amide bonds. The lowest BCUT2D eigenvalue weighted by molar-refractivity contribution is -0.155. The number of thiazole rings is 1. The highest BCUT2D eigenvalue weighted by Gasteiger charge is 2.21. The summed E-state index contributed by atoms with van der Waals surface area (Å²) in [7, 11) is 0. The van der Waals surface area contributed by atoms with E-state index in [1.807, 2.05) is 26.2 Å². The fourth-order valence-electron chi connectivity index (χ4n) is 1.08. The van der Waals surface area contributed by atoms with Crippen molar-refractivity contribution in [3.8, 4) is 0 Å². The van der Waals surface area contributed by atoms with Gasteiger partial charge in [-0.1, -0.05) is 0 Å². The van der Waals surface area contributed by atoms with Crippen LogP contribution in [0.15, 0.2) is 9.30 Å². The summed E-state index contributed by atoms with van der Waals surface area (Å²) >= 11 is 6.43. The molecular formula is C11H17BrN2O2S2. The minimum absolute atomic E-state index is 0.352. The predicted molar refractivity (Wildman–Crippen MR) is 79.8 cm³/mol. The van der Waals surface area contributed by atoms with Crippen LogP contribution < -0.4 is 5.73 Å². The molecule has 18 heavy (non-hydrogen) atoms. The van der Waals surface area contributed by atoms with E-state index in [2.05, 4.69) is 20.9 Å². The van der Waals surface area contributed by atoms with Crippen molar-refractivity contribution in [1.29, 1.82) is 0 Å². The molecule has 0 aliphatic carbocycles. The molecule has 7 heteroatoms. The standard InChI is InChI=1S/C11H17BrN2O2S2/c1-11(2,3)16-9(15)8(13)6-17-4-7-5-18-10(12)14-7/h5,8H,4,6,13H2,1-3H3. The second-order valence-electron chi connectivity index (χ2n) is 4.75. The van der Waals surface area contributed by atoms with Crippen LogP contribution in [0.4, 0.5) is 0 Å². The summed E-state index contributed by atoms with van der Waals surface area (Å²) in [5.41, 5.74) is 6.28. The van der Waals surface area contributed by atoms with Gasteiger partial charge in [0.05, 0.1) is 5.69 Å². The van der Waals surface area contributed by atoms with E-state index in [0.29, 0.717) is 5.75 Å². The molecule has 1 aromatic heterocycles. The molecule has 0 fully saturated rings. The van der Waals surface area contributed by atoms with Crippen molar-refractivity contribution >= 4 is 45.0 Å². The number of nitrogens with zero attached hydrogens (tertiary/aromatic N) is 1. The Labute approximate surface area is 124 Å². The summed E-state index contributed by atoms with van der Waals surface area (Å²) < 4.78 is 6.08. The number of nitrogens with two attached hydrogens (primary N) is 1. The molecule has 0 saturated carbocycles. The Morgan fingerprint density at radius 2 is 2.33 bits per heavy atom. The molecule has 0 aromatic carbocycles. The van der Waals surface area contributed by atoms with Crippen LogP contribution in [0, 0.1) is 0 Å². The number of hydrogen-bond acceptors (Lipinski definition) is 6. The fraction of sp³-hybridized carbons (Fsp3) is 0.636. The van der Waals surface area contributed by atoms with Gasteiger partial charge in [-0.2, -0.15) is 11.8 Å². The number of hydrogen-bond donors (Lipinski definition) is 1. The Morgan fingerprint density at radius 1 is 1.67 bits per heavy atom. The fourth-order valence-corrected chi connectivity index (χ4v) is 3.10. The molecule has 0 spiro atoms. The predicted octanol–water partition coefficient (Wildman–Crippen LogP) is 2.81. The number of aromatic nitrogens is 1. The Kier molecular flexibility index (Phi) is 6.10. The maximum Gasteiger partial charge on any atom is 0.324 e. The van der Waals surface area contributed by atoms with Crippen LogP contribution in [0.25, 0.3) is 0 Å². The number of carbonyl (C=O) groups excluding carboxylic acids is 1. The summed E-state index contributed by atoms with van der Waals surface area (Å²) in [6.07, 6.45) is 0. The highest BCUT2D eigenvalue weighted by molar-refractivity contribution is 9.11. The zero-order valence-electron chi connectivity index (χ0n) is 10.6. The van der Waals surface area contributed by atoms with Crippen molar-refractivity contribution in [2.45, 2.75) is 38.2 Å². The van der Waals surface area contributed by atoms with Gasteiger partial charge >= 0.3 is 5.97 Å². The molecule has 102 valence electrons. The molecule has 0 bridgehead atoms. The summed E-state index contributed by atoms with van der Waals surface area (Å²) in [6, 6.07) is -0.587. The third kappa shape index (κ3) is 6.17. The molecule has 1 atom stereocenters. The molecule has 1 rings (SSSR count). The zero-order chi connectivity index (χ0) is 13.8. The third-order valence-electron chi connectivity index (χ3n) is 1.78. The molecule has 1 unspecified atom stereocenters. The largest absolute Gasteiger partial charge is 0.459 e. The first kappa shape index (κ1) is 15.9. The highest BCUT2D eigenvalue weighted by Crippen LogP contribution is 2.20. The van der Waals surface area contributed by atoms with Gasteiger partial charge in [-0.25, -0.2) is 4.98 Å². The smallest absolute Gasteiger partial charge is 0.324 e. The van der Waals surface area contributed by atoms with E-state index in [1.165, 1.54) is 0 Å². The van der Waals surface area contributed by atoms with Gasteiger partial charge in [0.25, 0.3) is 0 Å². The minimum atomic E-state index is -0.587. The van der Waals surface area contributed by atoms with Gasteiger partial charge in [-0.05, 0) is 36.7 Å². The lowest BCUT2D eigenvalue weighted by Gasteiger charge is -2.21. The number of carbonyl (C=O) groups is 1. The third-order valence-corrected chi connectivity index (χ3v) is 4.29. The number of thioether (sulfide) groups is 1. The van der Waals surface area contributed by atoms with Gasteiger partial charge in [0.15, 0.2) is 3.92 Å². The Morgan fingerprint density at radius 3 is 2.83 bits per heavy atom. The van der Waals surface area contributed by atoms with E-state index in [4.69, 9.17) is 10.5 Å². The van der Waals surface area contributed by atoms with Crippen molar-refractivity contribution in [3.05, 3.63) is 15.0 Å². The van der Waals surface area contributed by atoms with E-state index < -0.39 is 11.6 Å². The number of rotatable bonds is 5. The van der Waals surface area contributed by atoms with Gasteiger partial charge in [-0.3, -0.25) is 4.79 Å². The normalized spacial score (nSPS) is 13.4. The van der Waals surface area contributed by atoms with Crippen molar-refractivity contribution in [2.75, 3.05) is 5.75 Å². The Balaban J connectivity index is 2.28. The zero-order valence-corrected chi connectivity index (χ0v) is 13.8. The average Bonchev–Trinajstić information content (AvgIpc) is 2.61. The van der Waals surface area contributed by atoms with E-state index in [1.54, 1.807) is 23.1 Å². The first-order chi connectivity index (χ1) is 8.28. The molecule has 4 nitrogen and oxygen atoms in total. The Hall–Kier alpha value is -0.110. The number of esters is 1. The summed E-state index contributed by atoms with van der Waals surface area (Å²) in [4.78, 5) is 15.9. The maximum absolute atomic E-state index is 11.6. The average molecular weight is 353 g/mol. The molecule has 1 aromatic rings. The molecule has 0 radical (unpaired) electrons. The molecule has 0 aliphatic heterocycles. The molecule has 1 heterocycles. The quantitative estimate of drug-likeness (QED) is 0.825. The van der Waals surface area contributed by atoms with Crippen LogP contribution in [0.3, 0.4) is 0 Å². The topological polar surface area (TPSA) is 65.2 Å². The van der Waals surface area contributed by atoms with E-state index in [9.17, 15) is 4.79 Å². The molecular weight excluding hydrogens is 336 g/mol. The van der Waals surface area contributed by atoms with Crippen LogP contribution in [0.2, 0.25) is 0 Å². The van der Waals surface area contributed by atoms with Gasteiger partial charge in [0, 0.05) is 16.9 Å². The lowest BCUT2D eigenvalue weighted by atomic mass is 10.2. The van der Waals surface area contributed by atoms with E-state index >= 15 is 0 Å². The molecule has 0 aliphatic rings. The van der Waals surface area contributed by atoms with Crippen LogP contribution in [-0.2, 0) is 15.3 Å². The van der Waals surface area contributed by atoms with Crippen molar-refractivity contribution < 1.29 is 9.53 Å². The highest BCUT2D eigenvalue weighted by atomic mass is 79.9. The van der Waals surface area contributed by atoms with Crippen molar-refractivity contribution in [2.24, 2.45) is 5.73 Å². The second kappa shape index (κ2) is 6.88. The summed E-state index contributed by atoms with van der Waals surface area (Å²) in [5, 5.41) is 1.98. The van der Waals surface area contributed by atoms with Gasteiger partial charge < -0.3 is 10.5 Å². The van der Waals surface area contributed by atoms with Crippen molar-refractivity contribution in [1.82, 2.24) is 4.98 Å². The monoisotopic (exact) mass is 352 g/mol.